The molecule has 1 atom stereocenters. The highest BCUT2D eigenvalue weighted by atomic mass is 35.5. The van der Waals surface area contributed by atoms with Gasteiger partial charge in [0.15, 0.2) is 0 Å². The highest BCUT2D eigenvalue weighted by Gasteiger charge is 2.14. The zero-order chi connectivity index (χ0) is 16.8. The molecule has 0 radical (unpaired) electrons. The third-order valence-electron chi connectivity index (χ3n) is 3.96. The van der Waals surface area contributed by atoms with Crippen molar-refractivity contribution in [3.8, 4) is 5.69 Å². The molecule has 128 valence electrons. The van der Waals surface area contributed by atoms with Crippen molar-refractivity contribution >= 4 is 23.3 Å². The summed E-state index contributed by atoms with van der Waals surface area (Å²) >= 11 is 6.24. The Morgan fingerprint density at radius 1 is 1.46 bits per heavy atom. The lowest BCUT2D eigenvalue weighted by molar-refractivity contribution is 0.0520. The lowest BCUT2D eigenvalue weighted by atomic mass is 9.99. The lowest BCUT2D eigenvalue weighted by Crippen LogP contribution is -2.31. The Balaban J connectivity index is 1.48. The van der Waals surface area contributed by atoms with Crippen molar-refractivity contribution in [2.75, 3.05) is 25.1 Å². The van der Waals surface area contributed by atoms with E-state index in [0.717, 1.165) is 26.1 Å². The van der Waals surface area contributed by atoms with Crippen LogP contribution in [-0.2, 0) is 4.74 Å². The van der Waals surface area contributed by atoms with Crippen LogP contribution in [0.15, 0.2) is 30.9 Å². The number of amides is 2. The van der Waals surface area contributed by atoms with Crippen molar-refractivity contribution in [3.05, 3.63) is 35.9 Å². The highest BCUT2D eigenvalue weighted by Crippen LogP contribution is 2.23. The van der Waals surface area contributed by atoms with Crippen LogP contribution < -0.4 is 10.6 Å². The van der Waals surface area contributed by atoms with E-state index in [9.17, 15) is 4.79 Å². The Labute approximate surface area is 145 Å². The second-order valence-corrected chi connectivity index (χ2v) is 6.17. The molecule has 1 unspecified atom stereocenters. The first-order valence-electron chi connectivity index (χ1n) is 7.99. The smallest absolute Gasteiger partial charge is 0.319 e. The standard InChI is InChI=1S/C16H20ClN5O2/c17-14-8-13(3-4-15(14)22-11-18-10-20-22)21-16(23)19-6-5-12-2-1-7-24-9-12/h3-4,8,10-12H,1-2,5-7,9H2,(H2,19,21,23). The molecule has 0 bridgehead atoms. The third-order valence-corrected chi connectivity index (χ3v) is 4.27. The fourth-order valence-electron chi connectivity index (χ4n) is 2.70. The van der Waals surface area contributed by atoms with Gasteiger partial charge in [-0.2, -0.15) is 5.10 Å². The number of hydrogen-bond donors (Lipinski definition) is 2. The molecule has 24 heavy (non-hydrogen) atoms. The summed E-state index contributed by atoms with van der Waals surface area (Å²) in [5.41, 5.74) is 1.33. The summed E-state index contributed by atoms with van der Waals surface area (Å²) in [5, 5.41) is 10.2. The summed E-state index contributed by atoms with van der Waals surface area (Å²) in [5.74, 6) is 0.537. The average Bonchev–Trinajstić information content (AvgIpc) is 3.10. The second-order valence-electron chi connectivity index (χ2n) is 5.76. The summed E-state index contributed by atoms with van der Waals surface area (Å²) in [6.07, 6.45) is 6.21. The number of ether oxygens (including phenoxy) is 1. The van der Waals surface area contributed by atoms with Crippen molar-refractivity contribution in [3.63, 3.8) is 0 Å². The van der Waals surface area contributed by atoms with E-state index in [2.05, 4.69) is 20.7 Å². The van der Waals surface area contributed by atoms with Gasteiger partial charge in [0.05, 0.1) is 10.7 Å². The SMILES string of the molecule is O=C(NCCC1CCCOC1)Nc1ccc(-n2cncn2)c(Cl)c1. The molecular formula is C16H20ClN5O2. The molecule has 2 N–H and O–H groups in total. The van der Waals surface area contributed by atoms with Crippen LogP contribution in [0.1, 0.15) is 19.3 Å². The number of rotatable bonds is 5. The minimum atomic E-state index is -0.240. The Kier molecular flexibility index (Phi) is 5.66. The largest absolute Gasteiger partial charge is 0.381 e. The van der Waals surface area contributed by atoms with Gasteiger partial charge in [0, 0.05) is 25.4 Å². The van der Waals surface area contributed by atoms with Crippen molar-refractivity contribution in [1.29, 1.82) is 0 Å². The topological polar surface area (TPSA) is 81.1 Å². The van der Waals surface area contributed by atoms with E-state index in [-0.39, 0.29) is 6.03 Å². The van der Waals surface area contributed by atoms with Crippen LogP contribution in [0.3, 0.4) is 0 Å². The quantitative estimate of drug-likeness (QED) is 0.869. The van der Waals surface area contributed by atoms with E-state index in [4.69, 9.17) is 16.3 Å². The molecule has 1 fully saturated rings. The molecule has 0 spiro atoms. The monoisotopic (exact) mass is 349 g/mol. The predicted molar refractivity (Wildman–Crippen MR) is 91.6 cm³/mol. The summed E-state index contributed by atoms with van der Waals surface area (Å²) in [7, 11) is 0. The number of nitrogens with one attached hydrogen (secondary N) is 2. The van der Waals surface area contributed by atoms with Gasteiger partial charge in [0.1, 0.15) is 12.7 Å². The van der Waals surface area contributed by atoms with Crippen molar-refractivity contribution in [2.24, 2.45) is 5.92 Å². The van der Waals surface area contributed by atoms with E-state index < -0.39 is 0 Å². The molecule has 1 aromatic carbocycles. The summed E-state index contributed by atoms with van der Waals surface area (Å²) < 4.78 is 7.00. The molecule has 2 amide bonds. The molecule has 7 nitrogen and oxygen atoms in total. The lowest BCUT2D eigenvalue weighted by Gasteiger charge is -2.21. The number of halogens is 1. The van der Waals surface area contributed by atoms with Crippen molar-refractivity contribution in [2.45, 2.75) is 19.3 Å². The molecule has 1 aliphatic rings. The van der Waals surface area contributed by atoms with E-state index >= 15 is 0 Å². The van der Waals surface area contributed by atoms with Crippen LogP contribution in [0.2, 0.25) is 5.02 Å². The Morgan fingerprint density at radius 2 is 2.38 bits per heavy atom. The summed E-state index contributed by atoms with van der Waals surface area (Å²) in [6.45, 7) is 2.28. The van der Waals surface area contributed by atoms with Crippen LogP contribution in [0.5, 0.6) is 0 Å². The predicted octanol–water partition coefficient (Wildman–Crippen LogP) is 2.86. The summed E-state index contributed by atoms with van der Waals surface area (Å²) in [4.78, 5) is 15.8. The average molecular weight is 350 g/mol. The van der Waals surface area contributed by atoms with E-state index in [0.29, 0.717) is 28.9 Å². The zero-order valence-corrected chi connectivity index (χ0v) is 14.0. The number of urea groups is 1. The maximum Gasteiger partial charge on any atom is 0.319 e. The molecule has 2 aromatic rings. The number of nitrogens with zero attached hydrogens (tertiary/aromatic N) is 3. The fraction of sp³-hybridized carbons (Fsp3) is 0.438. The Hall–Kier alpha value is -2.12. The first-order valence-corrected chi connectivity index (χ1v) is 8.37. The number of carbonyl (C=O) groups is 1. The number of aromatic nitrogens is 3. The third kappa shape index (κ3) is 4.46. The molecule has 8 heteroatoms. The van der Waals surface area contributed by atoms with E-state index in [1.165, 1.54) is 12.7 Å². The van der Waals surface area contributed by atoms with E-state index in [1.54, 1.807) is 29.2 Å². The van der Waals surface area contributed by atoms with Gasteiger partial charge < -0.3 is 15.4 Å². The highest BCUT2D eigenvalue weighted by molar-refractivity contribution is 6.32. The van der Waals surface area contributed by atoms with Crippen LogP contribution in [0.25, 0.3) is 5.69 Å². The molecule has 2 heterocycles. The maximum atomic E-state index is 12.0. The number of carbonyl (C=O) groups excluding carboxylic acids is 1. The van der Waals surface area contributed by atoms with Crippen LogP contribution in [0.4, 0.5) is 10.5 Å². The fourth-order valence-corrected chi connectivity index (χ4v) is 2.97. The zero-order valence-electron chi connectivity index (χ0n) is 13.2. The minimum absolute atomic E-state index is 0.240. The van der Waals surface area contributed by atoms with Gasteiger partial charge in [-0.1, -0.05) is 11.6 Å². The second kappa shape index (κ2) is 8.12. The molecule has 1 aliphatic heterocycles. The first kappa shape index (κ1) is 16.7. The van der Waals surface area contributed by atoms with Gasteiger partial charge in [-0.3, -0.25) is 0 Å². The van der Waals surface area contributed by atoms with Crippen LogP contribution >= 0.6 is 11.6 Å². The molecule has 0 saturated carbocycles. The van der Waals surface area contributed by atoms with Crippen molar-refractivity contribution < 1.29 is 9.53 Å². The number of hydrogen-bond acceptors (Lipinski definition) is 4. The number of benzene rings is 1. The van der Waals surface area contributed by atoms with Gasteiger partial charge in [0.2, 0.25) is 0 Å². The van der Waals surface area contributed by atoms with Crippen LogP contribution in [-0.4, -0.2) is 40.6 Å². The van der Waals surface area contributed by atoms with Crippen molar-refractivity contribution in [1.82, 2.24) is 20.1 Å². The Bertz CT molecular complexity index is 671. The molecule has 1 aromatic heterocycles. The van der Waals surface area contributed by atoms with Gasteiger partial charge in [0.25, 0.3) is 0 Å². The molecule has 1 saturated heterocycles. The molecule has 0 aliphatic carbocycles. The van der Waals surface area contributed by atoms with Gasteiger partial charge in [-0.25, -0.2) is 14.5 Å². The number of anilines is 1. The minimum Gasteiger partial charge on any atom is -0.381 e. The van der Waals surface area contributed by atoms with Gasteiger partial charge >= 0.3 is 6.03 Å². The molecular weight excluding hydrogens is 330 g/mol. The normalized spacial score (nSPS) is 17.5. The van der Waals surface area contributed by atoms with E-state index in [1.807, 2.05) is 0 Å². The van der Waals surface area contributed by atoms with Gasteiger partial charge in [-0.15, -0.1) is 0 Å². The van der Waals surface area contributed by atoms with Crippen LogP contribution in [0, 0.1) is 5.92 Å². The summed E-state index contributed by atoms with van der Waals surface area (Å²) in [6, 6.07) is 5.01. The molecule has 3 rings (SSSR count). The van der Waals surface area contributed by atoms with Gasteiger partial charge in [-0.05, 0) is 43.4 Å². The first-order chi connectivity index (χ1) is 11.7. The maximum absolute atomic E-state index is 12.0. The Morgan fingerprint density at radius 3 is 3.08 bits per heavy atom.